The van der Waals surface area contributed by atoms with Gasteiger partial charge in [0.05, 0.1) is 5.52 Å². The van der Waals surface area contributed by atoms with Crippen molar-refractivity contribution in [3.8, 4) is 17.7 Å². The molecule has 0 atom stereocenters. The third kappa shape index (κ3) is 2.06. The van der Waals surface area contributed by atoms with Gasteiger partial charge in [-0.05, 0) is 42.8 Å². The Labute approximate surface area is 116 Å². The van der Waals surface area contributed by atoms with Crippen molar-refractivity contribution < 1.29 is 4.74 Å². The first-order valence-corrected chi connectivity index (χ1v) is 6.17. The SMILES string of the molecule is Cc1ccnc(Oc2cccc3ncccc23)c1C#N. The number of aromatic nitrogens is 2. The van der Waals surface area contributed by atoms with E-state index in [0.29, 0.717) is 17.2 Å². The predicted octanol–water partition coefficient (Wildman–Crippen LogP) is 3.60. The quantitative estimate of drug-likeness (QED) is 0.707. The number of aryl methyl sites for hydroxylation is 1. The van der Waals surface area contributed by atoms with Crippen LogP contribution in [0.2, 0.25) is 0 Å². The zero-order valence-corrected chi connectivity index (χ0v) is 10.9. The summed E-state index contributed by atoms with van der Waals surface area (Å²) in [7, 11) is 0. The monoisotopic (exact) mass is 261 g/mol. The minimum absolute atomic E-state index is 0.323. The third-order valence-corrected chi connectivity index (χ3v) is 3.05. The van der Waals surface area contributed by atoms with Gasteiger partial charge in [-0.2, -0.15) is 5.26 Å². The molecule has 0 amide bonds. The van der Waals surface area contributed by atoms with E-state index in [1.807, 2.05) is 37.3 Å². The summed E-state index contributed by atoms with van der Waals surface area (Å²) in [5.41, 5.74) is 2.14. The zero-order chi connectivity index (χ0) is 13.9. The normalized spacial score (nSPS) is 10.2. The smallest absolute Gasteiger partial charge is 0.237 e. The second kappa shape index (κ2) is 4.98. The van der Waals surface area contributed by atoms with Crippen molar-refractivity contribution >= 4 is 10.9 Å². The number of hydrogen-bond donors (Lipinski definition) is 0. The van der Waals surface area contributed by atoms with Crippen molar-refractivity contribution in [1.29, 1.82) is 5.26 Å². The first-order valence-electron chi connectivity index (χ1n) is 6.17. The zero-order valence-electron chi connectivity index (χ0n) is 10.9. The summed E-state index contributed by atoms with van der Waals surface area (Å²) >= 11 is 0. The van der Waals surface area contributed by atoms with Crippen LogP contribution in [0.4, 0.5) is 0 Å². The topological polar surface area (TPSA) is 58.8 Å². The molecule has 0 aliphatic heterocycles. The van der Waals surface area contributed by atoms with Crippen LogP contribution < -0.4 is 4.74 Å². The first kappa shape index (κ1) is 12.1. The van der Waals surface area contributed by atoms with Crippen molar-refractivity contribution in [3.05, 3.63) is 59.9 Å². The van der Waals surface area contributed by atoms with Crippen molar-refractivity contribution in [1.82, 2.24) is 9.97 Å². The number of hydrogen-bond acceptors (Lipinski definition) is 4. The van der Waals surface area contributed by atoms with Crippen molar-refractivity contribution in [2.75, 3.05) is 0 Å². The molecule has 4 nitrogen and oxygen atoms in total. The van der Waals surface area contributed by atoms with Crippen molar-refractivity contribution in [2.24, 2.45) is 0 Å². The molecule has 2 heterocycles. The van der Waals surface area contributed by atoms with E-state index in [1.165, 1.54) is 0 Å². The lowest BCUT2D eigenvalue weighted by molar-refractivity contribution is 0.466. The lowest BCUT2D eigenvalue weighted by Gasteiger charge is -2.09. The Morgan fingerprint density at radius 3 is 2.80 bits per heavy atom. The molecule has 96 valence electrons. The largest absolute Gasteiger partial charge is 0.437 e. The molecule has 0 N–H and O–H groups in total. The fourth-order valence-electron chi connectivity index (χ4n) is 2.01. The average molecular weight is 261 g/mol. The van der Waals surface area contributed by atoms with Crippen molar-refractivity contribution in [3.63, 3.8) is 0 Å². The van der Waals surface area contributed by atoms with Gasteiger partial charge in [0.1, 0.15) is 17.4 Å². The molecule has 0 bridgehead atoms. The van der Waals surface area contributed by atoms with Crippen LogP contribution in [0.3, 0.4) is 0 Å². The van der Waals surface area contributed by atoms with E-state index in [1.54, 1.807) is 18.5 Å². The molecule has 20 heavy (non-hydrogen) atoms. The first-order chi connectivity index (χ1) is 9.79. The van der Waals surface area contributed by atoms with Gasteiger partial charge >= 0.3 is 0 Å². The van der Waals surface area contributed by atoms with Gasteiger partial charge in [0.25, 0.3) is 0 Å². The van der Waals surface area contributed by atoms with E-state index in [0.717, 1.165) is 16.5 Å². The standard InChI is InChI=1S/C16H11N3O/c1-11-7-9-19-16(13(11)10-17)20-15-6-2-5-14-12(15)4-3-8-18-14/h2-9H,1H3. The van der Waals surface area contributed by atoms with Gasteiger partial charge in [0.15, 0.2) is 0 Å². The fraction of sp³-hybridized carbons (Fsp3) is 0.0625. The predicted molar refractivity (Wildman–Crippen MR) is 75.5 cm³/mol. The van der Waals surface area contributed by atoms with Gasteiger partial charge in [-0.25, -0.2) is 4.98 Å². The maximum atomic E-state index is 9.21. The second-order valence-electron chi connectivity index (χ2n) is 4.35. The van der Waals surface area contributed by atoms with E-state index in [2.05, 4.69) is 16.0 Å². The number of benzene rings is 1. The van der Waals surface area contributed by atoms with Crippen LogP contribution in [-0.4, -0.2) is 9.97 Å². The van der Waals surface area contributed by atoms with Crippen LogP contribution in [0.1, 0.15) is 11.1 Å². The van der Waals surface area contributed by atoms with Gasteiger partial charge in [0, 0.05) is 17.8 Å². The molecule has 2 aromatic heterocycles. The van der Waals surface area contributed by atoms with Crippen LogP contribution in [0.15, 0.2) is 48.8 Å². The molecular formula is C16H11N3O. The Kier molecular flexibility index (Phi) is 3.02. The molecule has 4 heteroatoms. The Balaban J connectivity index is 2.11. The van der Waals surface area contributed by atoms with E-state index >= 15 is 0 Å². The molecule has 1 aromatic carbocycles. The molecular weight excluding hydrogens is 250 g/mol. The second-order valence-corrected chi connectivity index (χ2v) is 4.35. The summed E-state index contributed by atoms with van der Waals surface area (Å²) < 4.78 is 5.82. The van der Waals surface area contributed by atoms with Crippen LogP contribution in [0.5, 0.6) is 11.6 Å². The van der Waals surface area contributed by atoms with Crippen LogP contribution >= 0.6 is 0 Å². The van der Waals surface area contributed by atoms with Crippen LogP contribution in [0, 0.1) is 18.3 Å². The molecule has 0 saturated carbocycles. The number of pyridine rings is 2. The lowest BCUT2D eigenvalue weighted by atomic mass is 10.1. The summed E-state index contributed by atoms with van der Waals surface area (Å²) in [6.07, 6.45) is 3.37. The number of nitriles is 1. The van der Waals surface area contributed by atoms with Crippen LogP contribution in [0.25, 0.3) is 10.9 Å². The highest BCUT2D eigenvalue weighted by molar-refractivity contribution is 5.85. The molecule has 0 fully saturated rings. The minimum atomic E-state index is 0.323. The molecule has 0 radical (unpaired) electrons. The summed E-state index contributed by atoms with van der Waals surface area (Å²) in [4.78, 5) is 8.43. The highest BCUT2D eigenvalue weighted by Gasteiger charge is 2.10. The van der Waals surface area contributed by atoms with Crippen LogP contribution in [-0.2, 0) is 0 Å². The van der Waals surface area contributed by atoms with Crippen molar-refractivity contribution in [2.45, 2.75) is 6.92 Å². The molecule has 3 rings (SSSR count). The molecule has 0 spiro atoms. The average Bonchev–Trinajstić information content (AvgIpc) is 2.48. The summed E-state index contributed by atoms with van der Waals surface area (Å²) in [6.45, 7) is 1.86. The van der Waals surface area contributed by atoms with Gasteiger partial charge in [0.2, 0.25) is 5.88 Å². The maximum Gasteiger partial charge on any atom is 0.237 e. The molecule has 0 aliphatic rings. The Bertz CT molecular complexity index is 816. The third-order valence-electron chi connectivity index (χ3n) is 3.05. The Morgan fingerprint density at radius 2 is 1.95 bits per heavy atom. The van der Waals surface area contributed by atoms with E-state index in [9.17, 15) is 5.26 Å². The summed E-state index contributed by atoms with van der Waals surface area (Å²) in [5, 5.41) is 10.1. The number of ether oxygens (including phenoxy) is 1. The Morgan fingerprint density at radius 1 is 1.05 bits per heavy atom. The lowest BCUT2D eigenvalue weighted by Crippen LogP contribution is -1.95. The van der Waals surface area contributed by atoms with E-state index in [-0.39, 0.29) is 0 Å². The fourth-order valence-corrected chi connectivity index (χ4v) is 2.01. The molecule has 0 saturated heterocycles. The van der Waals surface area contributed by atoms with E-state index < -0.39 is 0 Å². The summed E-state index contributed by atoms with van der Waals surface area (Å²) in [6, 6.07) is 13.3. The van der Waals surface area contributed by atoms with Gasteiger partial charge in [-0.15, -0.1) is 0 Å². The maximum absolute atomic E-state index is 9.21. The highest BCUT2D eigenvalue weighted by Crippen LogP contribution is 2.30. The molecule has 3 aromatic rings. The summed E-state index contributed by atoms with van der Waals surface area (Å²) in [5.74, 6) is 0.967. The van der Waals surface area contributed by atoms with Gasteiger partial charge < -0.3 is 4.74 Å². The number of rotatable bonds is 2. The van der Waals surface area contributed by atoms with Gasteiger partial charge in [-0.1, -0.05) is 6.07 Å². The Hall–Kier alpha value is -2.93. The van der Waals surface area contributed by atoms with E-state index in [4.69, 9.17) is 4.74 Å². The number of nitrogens with zero attached hydrogens (tertiary/aromatic N) is 3. The molecule has 0 unspecified atom stereocenters. The highest BCUT2D eigenvalue weighted by atomic mass is 16.5. The molecule has 0 aliphatic carbocycles. The number of fused-ring (bicyclic) bond motifs is 1. The van der Waals surface area contributed by atoms with Gasteiger partial charge in [-0.3, -0.25) is 4.98 Å². The minimum Gasteiger partial charge on any atom is -0.437 e.